The van der Waals surface area contributed by atoms with Crippen LogP contribution in [0.1, 0.15) is 31.3 Å². The van der Waals surface area contributed by atoms with Crippen molar-refractivity contribution >= 4 is 23.4 Å². The van der Waals surface area contributed by atoms with Gasteiger partial charge in [-0.25, -0.2) is 0 Å². The molecule has 8 heteroatoms. The summed E-state index contributed by atoms with van der Waals surface area (Å²) >= 11 is 1.35. The van der Waals surface area contributed by atoms with Gasteiger partial charge in [-0.1, -0.05) is 30.0 Å². The van der Waals surface area contributed by atoms with Crippen molar-refractivity contribution in [3.63, 3.8) is 0 Å². The monoisotopic (exact) mass is 426 g/mol. The first kappa shape index (κ1) is 21.7. The Hall–Kier alpha value is -3.00. The zero-order valence-electron chi connectivity index (χ0n) is 17.6. The van der Waals surface area contributed by atoms with Crippen LogP contribution in [-0.2, 0) is 11.3 Å². The number of aromatic nitrogens is 3. The van der Waals surface area contributed by atoms with E-state index in [0.717, 1.165) is 17.1 Å². The minimum Gasteiger partial charge on any atom is -0.497 e. The number of anilines is 1. The lowest BCUT2D eigenvalue weighted by molar-refractivity contribution is -0.113. The first-order valence-electron chi connectivity index (χ1n) is 9.73. The average molecular weight is 427 g/mol. The second-order valence-electron chi connectivity index (χ2n) is 6.73. The van der Waals surface area contributed by atoms with Crippen molar-refractivity contribution < 1.29 is 14.3 Å². The van der Waals surface area contributed by atoms with Gasteiger partial charge in [0.1, 0.15) is 11.5 Å². The van der Waals surface area contributed by atoms with E-state index >= 15 is 0 Å². The molecule has 158 valence electrons. The molecule has 2 aromatic carbocycles. The highest BCUT2D eigenvalue weighted by Crippen LogP contribution is 2.25. The van der Waals surface area contributed by atoms with Crippen molar-refractivity contribution in [3.05, 3.63) is 59.9 Å². The van der Waals surface area contributed by atoms with Gasteiger partial charge in [0, 0.05) is 18.3 Å². The third-order valence-electron chi connectivity index (χ3n) is 4.41. The highest BCUT2D eigenvalue weighted by molar-refractivity contribution is 7.99. The number of nitrogens with zero attached hydrogens (tertiary/aromatic N) is 3. The molecule has 3 aromatic rings. The highest BCUT2D eigenvalue weighted by atomic mass is 32.2. The van der Waals surface area contributed by atoms with Gasteiger partial charge in [-0.2, -0.15) is 0 Å². The summed E-state index contributed by atoms with van der Waals surface area (Å²) in [4.78, 5) is 12.3. The fourth-order valence-electron chi connectivity index (χ4n) is 2.98. The highest BCUT2D eigenvalue weighted by Gasteiger charge is 2.19. The van der Waals surface area contributed by atoms with Crippen LogP contribution in [0.3, 0.4) is 0 Å². The molecule has 1 amide bonds. The molecule has 1 aromatic heterocycles. The van der Waals surface area contributed by atoms with E-state index in [1.54, 1.807) is 13.2 Å². The van der Waals surface area contributed by atoms with Crippen molar-refractivity contribution in [2.75, 3.05) is 18.2 Å². The summed E-state index contributed by atoms with van der Waals surface area (Å²) in [5.41, 5.74) is 1.83. The molecule has 0 fully saturated rings. The van der Waals surface area contributed by atoms with Gasteiger partial charge in [-0.05, 0) is 50.6 Å². The van der Waals surface area contributed by atoms with E-state index < -0.39 is 0 Å². The second-order valence-corrected chi connectivity index (χ2v) is 7.67. The van der Waals surface area contributed by atoms with Crippen molar-refractivity contribution in [2.24, 2.45) is 0 Å². The van der Waals surface area contributed by atoms with Crippen LogP contribution in [0.15, 0.2) is 53.7 Å². The molecule has 0 aliphatic heterocycles. The molecule has 0 aliphatic carbocycles. The number of benzene rings is 2. The first-order chi connectivity index (χ1) is 14.5. The molecule has 0 saturated heterocycles. The predicted octanol–water partition coefficient (Wildman–Crippen LogP) is 4.49. The molecule has 1 heterocycles. The number of carbonyl (C=O) groups is 1. The topological polar surface area (TPSA) is 78.3 Å². The third kappa shape index (κ3) is 5.54. The van der Waals surface area contributed by atoms with Crippen LogP contribution in [0, 0.1) is 6.92 Å². The van der Waals surface area contributed by atoms with E-state index in [1.807, 2.05) is 67.8 Å². The number of amides is 1. The summed E-state index contributed by atoms with van der Waals surface area (Å²) in [6.07, 6.45) is -0.265. The maximum atomic E-state index is 12.3. The normalized spacial score (nSPS) is 11.7. The molecule has 0 spiro atoms. The van der Waals surface area contributed by atoms with Crippen molar-refractivity contribution in [3.8, 4) is 11.5 Å². The van der Waals surface area contributed by atoms with E-state index in [-0.39, 0.29) is 17.8 Å². The summed E-state index contributed by atoms with van der Waals surface area (Å²) in [6.45, 7) is 6.68. The number of ether oxygens (including phenoxy) is 2. The largest absolute Gasteiger partial charge is 0.497 e. The zero-order valence-corrected chi connectivity index (χ0v) is 18.4. The lowest BCUT2D eigenvalue weighted by Crippen LogP contribution is -2.15. The van der Waals surface area contributed by atoms with Gasteiger partial charge in [0.15, 0.2) is 17.1 Å². The standard InChI is InChI=1S/C22H26N4O3S/c1-5-26-21(16(3)29-19-11-6-8-15(2)12-19)24-25-22(26)30-14-20(27)23-17-9-7-10-18(13-17)28-4/h6-13,16H,5,14H2,1-4H3,(H,23,27). The molecule has 3 rings (SSSR count). The number of rotatable bonds is 9. The fraction of sp³-hybridized carbons (Fsp3) is 0.318. The van der Waals surface area contributed by atoms with E-state index in [1.165, 1.54) is 11.8 Å². The van der Waals surface area contributed by atoms with Crippen LogP contribution in [-0.4, -0.2) is 33.5 Å². The average Bonchev–Trinajstić information content (AvgIpc) is 3.15. The van der Waals surface area contributed by atoms with Gasteiger partial charge in [0.05, 0.1) is 12.9 Å². The summed E-state index contributed by atoms with van der Waals surface area (Å²) in [6, 6.07) is 15.2. The Morgan fingerprint density at radius 3 is 2.67 bits per heavy atom. The molecule has 0 bridgehead atoms. The molecule has 0 aliphatic rings. The Morgan fingerprint density at radius 2 is 1.93 bits per heavy atom. The summed E-state index contributed by atoms with van der Waals surface area (Å²) in [5.74, 6) is 2.32. The molecular formula is C22H26N4O3S. The Kier molecular flexibility index (Phi) is 7.35. The Balaban J connectivity index is 1.62. The van der Waals surface area contributed by atoms with Crippen LogP contribution in [0.25, 0.3) is 0 Å². The quantitative estimate of drug-likeness (QED) is 0.508. The third-order valence-corrected chi connectivity index (χ3v) is 5.38. The van der Waals surface area contributed by atoms with Crippen molar-refractivity contribution in [1.82, 2.24) is 14.8 Å². The summed E-state index contributed by atoms with van der Waals surface area (Å²) < 4.78 is 13.2. The van der Waals surface area contributed by atoms with E-state index in [4.69, 9.17) is 9.47 Å². The summed E-state index contributed by atoms with van der Waals surface area (Å²) in [5, 5.41) is 12.1. The van der Waals surface area contributed by atoms with Gasteiger partial charge in [0.2, 0.25) is 5.91 Å². The molecule has 1 unspecified atom stereocenters. The van der Waals surface area contributed by atoms with Gasteiger partial charge in [-0.3, -0.25) is 4.79 Å². The minimum absolute atomic E-state index is 0.121. The van der Waals surface area contributed by atoms with Gasteiger partial charge in [-0.15, -0.1) is 10.2 Å². The van der Waals surface area contributed by atoms with E-state index in [0.29, 0.717) is 23.1 Å². The number of aryl methyl sites for hydroxylation is 1. The zero-order chi connectivity index (χ0) is 21.5. The molecular weight excluding hydrogens is 400 g/mol. The maximum absolute atomic E-state index is 12.3. The fourth-order valence-corrected chi connectivity index (χ4v) is 3.79. The lowest BCUT2D eigenvalue weighted by atomic mass is 10.2. The number of carbonyl (C=O) groups excluding carboxylic acids is 1. The smallest absolute Gasteiger partial charge is 0.234 e. The molecule has 30 heavy (non-hydrogen) atoms. The summed E-state index contributed by atoms with van der Waals surface area (Å²) in [7, 11) is 1.59. The van der Waals surface area contributed by atoms with E-state index in [9.17, 15) is 4.79 Å². The molecule has 7 nitrogen and oxygen atoms in total. The Morgan fingerprint density at radius 1 is 1.17 bits per heavy atom. The lowest BCUT2D eigenvalue weighted by Gasteiger charge is -2.16. The predicted molar refractivity (Wildman–Crippen MR) is 118 cm³/mol. The van der Waals surface area contributed by atoms with Gasteiger partial charge in [0.25, 0.3) is 0 Å². The van der Waals surface area contributed by atoms with Crippen LogP contribution in [0.2, 0.25) is 0 Å². The van der Waals surface area contributed by atoms with Crippen molar-refractivity contribution in [2.45, 2.75) is 38.6 Å². The van der Waals surface area contributed by atoms with E-state index in [2.05, 4.69) is 15.5 Å². The number of hydrogen-bond donors (Lipinski definition) is 1. The Bertz CT molecular complexity index is 1010. The van der Waals surface area contributed by atoms with Crippen LogP contribution in [0.5, 0.6) is 11.5 Å². The maximum Gasteiger partial charge on any atom is 0.234 e. The van der Waals surface area contributed by atoms with Crippen LogP contribution >= 0.6 is 11.8 Å². The molecule has 0 radical (unpaired) electrons. The number of methoxy groups -OCH3 is 1. The van der Waals surface area contributed by atoms with Gasteiger partial charge < -0.3 is 19.4 Å². The molecule has 0 saturated carbocycles. The van der Waals surface area contributed by atoms with Gasteiger partial charge >= 0.3 is 0 Å². The SMILES string of the molecule is CCn1c(SCC(=O)Nc2cccc(OC)c2)nnc1C(C)Oc1cccc(C)c1. The first-order valence-corrected chi connectivity index (χ1v) is 10.7. The van der Waals surface area contributed by atoms with Crippen LogP contribution in [0.4, 0.5) is 5.69 Å². The van der Waals surface area contributed by atoms with Crippen molar-refractivity contribution in [1.29, 1.82) is 0 Å². The molecule has 1 atom stereocenters. The Labute approximate surface area is 180 Å². The second kappa shape index (κ2) is 10.2. The number of thioether (sulfide) groups is 1. The number of hydrogen-bond acceptors (Lipinski definition) is 6. The molecule has 1 N–H and O–H groups in total. The van der Waals surface area contributed by atoms with Crippen LogP contribution < -0.4 is 14.8 Å². The number of nitrogens with one attached hydrogen (secondary N) is 1. The minimum atomic E-state index is -0.265.